The molecule has 0 radical (unpaired) electrons. The van der Waals surface area contributed by atoms with Gasteiger partial charge in [-0.15, -0.1) is 0 Å². The first-order valence-corrected chi connectivity index (χ1v) is 11.8. The van der Waals surface area contributed by atoms with Crippen molar-refractivity contribution in [2.45, 2.75) is 16.8 Å². The highest BCUT2D eigenvalue weighted by atomic mass is 79.9. The van der Waals surface area contributed by atoms with Crippen LogP contribution in [-0.2, 0) is 29.6 Å². The van der Waals surface area contributed by atoms with Crippen LogP contribution in [0.3, 0.4) is 0 Å². The van der Waals surface area contributed by atoms with E-state index in [0.29, 0.717) is 10.4 Å². The van der Waals surface area contributed by atoms with Crippen LogP contribution in [0.15, 0.2) is 71.6 Å². The predicted octanol–water partition coefficient (Wildman–Crippen LogP) is 4.86. The van der Waals surface area contributed by atoms with E-state index in [1.165, 1.54) is 0 Å². The van der Waals surface area contributed by atoms with Crippen LogP contribution < -0.4 is 0 Å². The van der Waals surface area contributed by atoms with Gasteiger partial charge in [0.25, 0.3) is 10.1 Å². The number of fused-ring (bicyclic) bond motifs is 1. The molecule has 1 fully saturated rings. The van der Waals surface area contributed by atoms with Crippen molar-refractivity contribution in [3.8, 4) is 0 Å². The minimum Gasteiger partial charge on any atom is -0.342 e. The van der Waals surface area contributed by atoms with E-state index in [4.69, 9.17) is 25.3 Å². The van der Waals surface area contributed by atoms with E-state index in [1.54, 1.807) is 30.3 Å². The molecule has 3 aromatic rings. The van der Waals surface area contributed by atoms with Gasteiger partial charge in [0, 0.05) is 10.6 Å². The molecular weight excluding hydrogens is 480 g/mol. The third-order valence-corrected chi connectivity index (χ3v) is 7.01. The van der Waals surface area contributed by atoms with Gasteiger partial charge in [-0.05, 0) is 35.0 Å². The quantitative estimate of drug-likeness (QED) is 0.359. The van der Waals surface area contributed by atoms with Crippen LogP contribution >= 0.6 is 27.5 Å². The second-order valence-corrected chi connectivity index (χ2v) is 9.30. The molecule has 29 heavy (non-hydrogen) atoms. The smallest absolute Gasteiger partial charge is 0.297 e. The van der Waals surface area contributed by atoms with Crippen LogP contribution in [0.5, 0.6) is 0 Å². The van der Waals surface area contributed by atoms with Crippen molar-refractivity contribution in [1.29, 1.82) is 0 Å². The Balaban J connectivity index is 1.46. The van der Waals surface area contributed by atoms with E-state index in [-0.39, 0.29) is 18.1 Å². The lowest BCUT2D eigenvalue weighted by molar-refractivity contribution is -0.159. The Bertz CT molecular complexity index is 1120. The van der Waals surface area contributed by atoms with Gasteiger partial charge in [0.1, 0.15) is 6.10 Å². The highest BCUT2D eigenvalue weighted by Crippen LogP contribution is 2.37. The van der Waals surface area contributed by atoms with Crippen LogP contribution in [0.4, 0.5) is 0 Å². The summed E-state index contributed by atoms with van der Waals surface area (Å²) in [5, 5.41) is 2.79. The Morgan fingerprint density at radius 1 is 1.07 bits per heavy atom. The van der Waals surface area contributed by atoms with Crippen molar-refractivity contribution >= 4 is 48.4 Å². The fraction of sp³-hybridized carbons (Fsp3) is 0.238. The van der Waals surface area contributed by atoms with Crippen LogP contribution in [0.1, 0.15) is 5.56 Å². The topological polar surface area (TPSA) is 61.8 Å². The molecule has 1 aliphatic rings. The number of rotatable bonds is 6. The van der Waals surface area contributed by atoms with Crippen LogP contribution in [0, 0.1) is 0 Å². The maximum Gasteiger partial charge on any atom is 0.297 e. The van der Waals surface area contributed by atoms with Gasteiger partial charge in [-0.25, -0.2) is 0 Å². The Kier molecular flexibility index (Phi) is 5.97. The highest BCUT2D eigenvalue weighted by Gasteiger charge is 2.43. The lowest BCUT2D eigenvalue weighted by Crippen LogP contribution is -2.31. The highest BCUT2D eigenvalue weighted by molar-refractivity contribution is 9.09. The number of benzene rings is 3. The molecule has 4 rings (SSSR count). The van der Waals surface area contributed by atoms with Crippen molar-refractivity contribution in [3.63, 3.8) is 0 Å². The molecule has 5 nitrogen and oxygen atoms in total. The van der Waals surface area contributed by atoms with Gasteiger partial charge in [0.05, 0.1) is 23.4 Å². The van der Waals surface area contributed by atoms with Crippen LogP contribution in [0.25, 0.3) is 10.8 Å². The molecule has 152 valence electrons. The van der Waals surface area contributed by atoms with Crippen LogP contribution in [-0.4, -0.2) is 33.1 Å². The van der Waals surface area contributed by atoms with Crippen molar-refractivity contribution in [3.05, 3.63) is 77.3 Å². The second-order valence-electron chi connectivity index (χ2n) is 6.69. The fourth-order valence-electron chi connectivity index (χ4n) is 3.21. The molecule has 0 aromatic heterocycles. The Hall–Kier alpha value is -1.48. The maximum atomic E-state index is 12.6. The average Bonchev–Trinajstić information content (AvgIpc) is 3.17. The van der Waals surface area contributed by atoms with Gasteiger partial charge in [0.2, 0.25) is 5.79 Å². The first-order chi connectivity index (χ1) is 13.9. The van der Waals surface area contributed by atoms with Crippen molar-refractivity contribution in [2.75, 3.05) is 18.5 Å². The zero-order valence-corrected chi connectivity index (χ0v) is 18.4. The van der Waals surface area contributed by atoms with E-state index in [2.05, 4.69) is 15.9 Å². The van der Waals surface area contributed by atoms with Gasteiger partial charge in [-0.2, -0.15) is 8.42 Å². The van der Waals surface area contributed by atoms with Crippen molar-refractivity contribution in [2.24, 2.45) is 0 Å². The SMILES string of the molecule is O=S(=O)(OCC1COC(CBr)(c2ccc(Cl)cc2)O1)c1ccc2ccccc2c1. The monoisotopic (exact) mass is 496 g/mol. The third-order valence-electron chi connectivity index (χ3n) is 4.74. The average molecular weight is 498 g/mol. The Labute approximate surface area is 182 Å². The standard InChI is InChI=1S/C21H18BrClO5S/c22-14-21(17-6-8-18(23)9-7-17)26-12-19(28-21)13-27-29(24,25)20-10-5-15-3-1-2-4-16(15)11-20/h1-11,19H,12-14H2. The molecule has 0 N–H and O–H groups in total. The molecule has 8 heteroatoms. The van der Waals surface area contributed by atoms with Gasteiger partial charge >= 0.3 is 0 Å². The van der Waals surface area contributed by atoms with E-state index in [0.717, 1.165) is 16.3 Å². The molecule has 0 bridgehead atoms. The van der Waals surface area contributed by atoms with Crippen molar-refractivity contribution < 1.29 is 22.1 Å². The molecule has 0 amide bonds. The number of halogens is 2. The molecule has 1 heterocycles. The van der Waals surface area contributed by atoms with Crippen molar-refractivity contribution in [1.82, 2.24) is 0 Å². The number of ether oxygens (including phenoxy) is 2. The summed E-state index contributed by atoms with van der Waals surface area (Å²) in [5.41, 5.74) is 0.790. The number of hydrogen-bond donors (Lipinski definition) is 0. The predicted molar refractivity (Wildman–Crippen MR) is 115 cm³/mol. The zero-order valence-electron chi connectivity index (χ0n) is 15.3. The molecular formula is C21H18BrClO5S. The first kappa shape index (κ1) is 20.8. The summed E-state index contributed by atoms with van der Waals surface area (Å²) < 4.78 is 42.4. The van der Waals surface area contributed by atoms with E-state index in [9.17, 15) is 8.42 Å². The first-order valence-electron chi connectivity index (χ1n) is 8.94. The normalized spacial score (nSPS) is 22.2. The van der Waals surface area contributed by atoms with Crippen LogP contribution in [0.2, 0.25) is 5.02 Å². The van der Waals surface area contributed by atoms with Gasteiger partial charge in [0.15, 0.2) is 0 Å². The Morgan fingerprint density at radius 2 is 1.79 bits per heavy atom. The minimum absolute atomic E-state index is 0.111. The Morgan fingerprint density at radius 3 is 2.52 bits per heavy atom. The summed E-state index contributed by atoms with van der Waals surface area (Å²) in [6.07, 6.45) is -0.529. The molecule has 0 aliphatic carbocycles. The van der Waals surface area contributed by atoms with E-state index >= 15 is 0 Å². The summed E-state index contributed by atoms with van der Waals surface area (Å²) >= 11 is 9.37. The lowest BCUT2D eigenvalue weighted by Gasteiger charge is -2.26. The summed E-state index contributed by atoms with van der Waals surface area (Å²) in [6, 6.07) is 19.6. The molecule has 3 aromatic carbocycles. The summed E-state index contributed by atoms with van der Waals surface area (Å²) in [7, 11) is -3.92. The largest absolute Gasteiger partial charge is 0.342 e. The molecule has 0 spiro atoms. The minimum atomic E-state index is -3.92. The lowest BCUT2D eigenvalue weighted by atomic mass is 10.1. The molecule has 1 saturated heterocycles. The molecule has 1 aliphatic heterocycles. The fourth-order valence-corrected chi connectivity index (χ4v) is 4.92. The third kappa shape index (κ3) is 4.35. The second kappa shape index (κ2) is 8.34. The zero-order chi connectivity index (χ0) is 20.5. The van der Waals surface area contributed by atoms with Gasteiger partial charge in [-0.3, -0.25) is 4.18 Å². The maximum absolute atomic E-state index is 12.6. The van der Waals surface area contributed by atoms with E-state index in [1.807, 2.05) is 36.4 Å². The van der Waals surface area contributed by atoms with E-state index < -0.39 is 22.0 Å². The number of hydrogen-bond acceptors (Lipinski definition) is 5. The summed E-state index contributed by atoms with van der Waals surface area (Å²) in [6.45, 7) is 0.0684. The molecule has 0 saturated carbocycles. The summed E-state index contributed by atoms with van der Waals surface area (Å²) in [5.74, 6) is -1.01. The number of alkyl halides is 1. The van der Waals surface area contributed by atoms with Gasteiger partial charge in [-0.1, -0.05) is 70.0 Å². The molecule has 2 unspecified atom stereocenters. The molecule has 2 atom stereocenters. The van der Waals surface area contributed by atoms with Gasteiger partial charge < -0.3 is 9.47 Å². The summed E-state index contributed by atoms with van der Waals surface area (Å²) in [4.78, 5) is 0.111.